The minimum atomic E-state index is -0.920. The number of β-amino-alcohol motifs (C(OH)–C–C–N with tert-alkyl or cyclic N) is 1. The van der Waals surface area contributed by atoms with Gasteiger partial charge < -0.3 is 15.3 Å². The second-order valence-electron chi connectivity index (χ2n) is 6.05. The lowest BCUT2D eigenvalue weighted by Crippen LogP contribution is -2.54. The molecule has 1 amide bonds. The lowest BCUT2D eigenvalue weighted by molar-refractivity contribution is 0.0255. The van der Waals surface area contributed by atoms with Crippen LogP contribution in [-0.4, -0.2) is 41.2 Å². The molecule has 0 unspecified atom stereocenters. The van der Waals surface area contributed by atoms with Crippen LogP contribution in [-0.2, 0) is 0 Å². The van der Waals surface area contributed by atoms with Crippen molar-refractivity contribution in [2.24, 2.45) is 0 Å². The Bertz CT molecular complexity index is 673. The molecule has 3 heterocycles. The number of nitrogens with one attached hydrogen (secondary N) is 1. The van der Waals surface area contributed by atoms with Gasteiger partial charge in [-0.25, -0.2) is 4.98 Å². The Labute approximate surface area is 140 Å². The number of aryl methyl sites for hydroxylation is 1. The van der Waals surface area contributed by atoms with E-state index >= 15 is 0 Å². The van der Waals surface area contributed by atoms with Gasteiger partial charge in [0, 0.05) is 25.8 Å². The molecule has 6 heteroatoms. The van der Waals surface area contributed by atoms with Crippen molar-refractivity contribution in [2.75, 3.05) is 24.5 Å². The fraction of sp³-hybridized carbons (Fsp3) is 0.412. The fourth-order valence-corrected chi connectivity index (χ4v) is 3.76. The van der Waals surface area contributed by atoms with Crippen LogP contribution in [0.1, 0.15) is 28.1 Å². The van der Waals surface area contributed by atoms with E-state index < -0.39 is 5.60 Å². The molecule has 0 radical (unpaired) electrons. The van der Waals surface area contributed by atoms with Crippen molar-refractivity contribution in [2.45, 2.75) is 25.4 Å². The molecule has 2 aromatic rings. The summed E-state index contributed by atoms with van der Waals surface area (Å²) in [6.45, 7) is 3.53. The average Bonchev–Trinajstić information content (AvgIpc) is 3.00. The van der Waals surface area contributed by atoms with Crippen molar-refractivity contribution >= 4 is 23.1 Å². The molecule has 1 aliphatic heterocycles. The van der Waals surface area contributed by atoms with Gasteiger partial charge in [-0.15, -0.1) is 11.3 Å². The summed E-state index contributed by atoms with van der Waals surface area (Å²) in [4.78, 5) is 19.4. The molecule has 1 saturated heterocycles. The van der Waals surface area contributed by atoms with E-state index in [1.807, 2.05) is 36.6 Å². The summed E-state index contributed by atoms with van der Waals surface area (Å²) in [5, 5.41) is 15.6. The second kappa shape index (κ2) is 6.68. The first-order valence-electron chi connectivity index (χ1n) is 7.78. The third kappa shape index (κ3) is 3.71. The molecule has 2 N–H and O–H groups in total. The molecule has 0 spiro atoms. The van der Waals surface area contributed by atoms with Crippen molar-refractivity contribution in [3.8, 4) is 0 Å². The molecule has 0 bridgehead atoms. The summed E-state index contributed by atoms with van der Waals surface area (Å²) < 4.78 is 0. The largest absolute Gasteiger partial charge is 0.386 e. The first-order chi connectivity index (χ1) is 11.1. The molecular weight excluding hydrogens is 310 g/mol. The van der Waals surface area contributed by atoms with Crippen LogP contribution in [0.4, 0.5) is 5.82 Å². The number of anilines is 1. The Kier molecular flexibility index (Phi) is 4.63. The Morgan fingerprint density at radius 1 is 1.48 bits per heavy atom. The minimum absolute atomic E-state index is 0.110. The van der Waals surface area contributed by atoms with Gasteiger partial charge >= 0.3 is 0 Å². The molecular formula is C17H21N3O2S. The van der Waals surface area contributed by atoms with Crippen LogP contribution in [0.15, 0.2) is 35.8 Å². The standard InChI is InChI=1S/C17H21N3O2S/c1-13-6-10-23-15(13)16(21)19-11-17(22)7-4-9-20(12-17)14-5-2-3-8-18-14/h2-3,5-6,8,10,22H,4,7,9,11-12H2,1H3,(H,19,21)/t17-/m0/s1. The van der Waals surface area contributed by atoms with Crippen LogP contribution in [0.5, 0.6) is 0 Å². The molecule has 0 aromatic carbocycles. The molecule has 122 valence electrons. The van der Waals surface area contributed by atoms with Gasteiger partial charge in [-0.1, -0.05) is 6.07 Å². The lowest BCUT2D eigenvalue weighted by atomic mass is 9.92. The number of nitrogens with zero attached hydrogens (tertiary/aromatic N) is 2. The van der Waals surface area contributed by atoms with Crippen LogP contribution in [0.2, 0.25) is 0 Å². The molecule has 0 saturated carbocycles. The van der Waals surface area contributed by atoms with E-state index in [2.05, 4.69) is 15.2 Å². The van der Waals surface area contributed by atoms with Gasteiger partial charge in [-0.3, -0.25) is 4.79 Å². The van der Waals surface area contributed by atoms with Gasteiger partial charge in [0.05, 0.1) is 10.5 Å². The van der Waals surface area contributed by atoms with E-state index in [0.29, 0.717) is 17.8 Å². The van der Waals surface area contributed by atoms with Crippen LogP contribution in [0, 0.1) is 6.92 Å². The highest BCUT2D eigenvalue weighted by Gasteiger charge is 2.34. The number of thiophene rings is 1. The number of pyridine rings is 1. The fourth-order valence-electron chi connectivity index (χ4n) is 2.92. The Hall–Kier alpha value is -1.92. The van der Waals surface area contributed by atoms with Crippen molar-refractivity contribution in [3.05, 3.63) is 46.3 Å². The molecule has 23 heavy (non-hydrogen) atoms. The number of aromatic nitrogens is 1. The SMILES string of the molecule is Cc1ccsc1C(=O)NC[C@@]1(O)CCCN(c2ccccn2)C1. The first-order valence-corrected chi connectivity index (χ1v) is 8.66. The number of hydrogen-bond donors (Lipinski definition) is 2. The zero-order valence-electron chi connectivity index (χ0n) is 13.2. The maximum Gasteiger partial charge on any atom is 0.261 e. The third-order valence-electron chi connectivity index (χ3n) is 4.17. The topological polar surface area (TPSA) is 65.5 Å². The number of carbonyl (C=O) groups is 1. The number of rotatable bonds is 4. The summed E-state index contributed by atoms with van der Waals surface area (Å²) in [5.41, 5.74) is 0.0506. The van der Waals surface area contributed by atoms with E-state index in [0.717, 1.165) is 24.3 Å². The summed E-state index contributed by atoms with van der Waals surface area (Å²) in [6, 6.07) is 7.69. The number of hydrogen-bond acceptors (Lipinski definition) is 5. The molecule has 1 fully saturated rings. The first kappa shape index (κ1) is 16.0. The number of piperidine rings is 1. The van der Waals surface area contributed by atoms with Gasteiger partial charge in [-0.2, -0.15) is 0 Å². The summed E-state index contributed by atoms with van der Waals surface area (Å²) in [7, 11) is 0. The summed E-state index contributed by atoms with van der Waals surface area (Å²) in [5.74, 6) is 0.756. The minimum Gasteiger partial charge on any atom is -0.386 e. The molecule has 3 rings (SSSR count). The van der Waals surface area contributed by atoms with E-state index in [4.69, 9.17) is 0 Å². The van der Waals surface area contributed by atoms with Crippen molar-refractivity contribution < 1.29 is 9.90 Å². The monoisotopic (exact) mass is 331 g/mol. The summed E-state index contributed by atoms with van der Waals surface area (Å²) in [6.07, 6.45) is 3.31. The summed E-state index contributed by atoms with van der Waals surface area (Å²) >= 11 is 1.43. The number of carbonyl (C=O) groups excluding carboxylic acids is 1. The van der Waals surface area contributed by atoms with Crippen molar-refractivity contribution in [1.29, 1.82) is 0 Å². The average molecular weight is 331 g/mol. The zero-order valence-corrected chi connectivity index (χ0v) is 14.0. The van der Waals surface area contributed by atoms with E-state index in [1.54, 1.807) is 6.20 Å². The van der Waals surface area contributed by atoms with Gasteiger partial charge in [0.15, 0.2) is 0 Å². The van der Waals surface area contributed by atoms with Crippen LogP contribution in [0.3, 0.4) is 0 Å². The number of amides is 1. The highest BCUT2D eigenvalue weighted by atomic mass is 32.1. The van der Waals surface area contributed by atoms with Crippen LogP contribution < -0.4 is 10.2 Å². The predicted octanol–water partition coefficient (Wildman–Crippen LogP) is 2.21. The maximum absolute atomic E-state index is 12.2. The lowest BCUT2D eigenvalue weighted by Gasteiger charge is -2.39. The Balaban J connectivity index is 1.62. The molecule has 2 aromatic heterocycles. The van der Waals surface area contributed by atoms with Crippen molar-refractivity contribution in [1.82, 2.24) is 10.3 Å². The maximum atomic E-state index is 12.2. The van der Waals surface area contributed by atoms with Crippen LogP contribution in [0.25, 0.3) is 0 Å². The van der Waals surface area contributed by atoms with Gasteiger partial charge in [0.25, 0.3) is 5.91 Å². The molecule has 0 aliphatic carbocycles. The molecule has 5 nitrogen and oxygen atoms in total. The van der Waals surface area contributed by atoms with Crippen LogP contribution >= 0.6 is 11.3 Å². The normalized spacial score (nSPS) is 21.2. The van der Waals surface area contributed by atoms with Gasteiger partial charge in [0.2, 0.25) is 0 Å². The zero-order chi connectivity index (χ0) is 16.3. The Morgan fingerprint density at radius 2 is 2.35 bits per heavy atom. The third-order valence-corrected chi connectivity index (χ3v) is 5.19. The van der Waals surface area contributed by atoms with E-state index in [-0.39, 0.29) is 12.5 Å². The smallest absolute Gasteiger partial charge is 0.261 e. The second-order valence-corrected chi connectivity index (χ2v) is 6.97. The molecule has 1 aliphatic rings. The highest BCUT2D eigenvalue weighted by molar-refractivity contribution is 7.12. The van der Waals surface area contributed by atoms with Crippen molar-refractivity contribution in [3.63, 3.8) is 0 Å². The van der Waals surface area contributed by atoms with E-state index in [1.165, 1.54) is 11.3 Å². The quantitative estimate of drug-likeness (QED) is 0.901. The Morgan fingerprint density at radius 3 is 3.04 bits per heavy atom. The van der Waals surface area contributed by atoms with E-state index in [9.17, 15) is 9.90 Å². The number of aliphatic hydroxyl groups is 1. The molecule has 1 atom stereocenters. The van der Waals surface area contributed by atoms with Gasteiger partial charge in [0.1, 0.15) is 5.82 Å². The predicted molar refractivity (Wildman–Crippen MR) is 92.0 cm³/mol. The van der Waals surface area contributed by atoms with Gasteiger partial charge in [-0.05, 0) is 48.9 Å². The highest BCUT2D eigenvalue weighted by Crippen LogP contribution is 2.24.